The van der Waals surface area contributed by atoms with E-state index in [-0.39, 0.29) is 6.04 Å². The lowest BCUT2D eigenvalue weighted by molar-refractivity contribution is 0.534. The van der Waals surface area contributed by atoms with E-state index in [9.17, 15) is 0 Å². The lowest BCUT2D eigenvalue weighted by Gasteiger charge is -2.18. The van der Waals surface area contributed by atoms with E-state index in [1.54, 1.807) is 6.07 Å². The first-order valence-corrected chi connectivity index (χ1v) is 8.11. The molecule has 6 heteroatoms. The van der Waals surface area contributed by atoms with Gasteiger partial charge in [0.15, 0.2) is 0 Å². The van der Waals surface area contributed by atoms with E-state index in [0.717, 1.165) is 30.6 Å². The van der Waals surface area contributed by atoms with Crippen LogP contribution in [0.3, 0.4) is 0 Å². The third-order valence-corrected chi connectivity index (χ3v) is 4.61. The zero-order chi connectivity index (χ0) is 14.5. The topological polar surface area (TPSA) is 37.8 Å². The Hall–Kier alpha value is -0.680. The Kier molecular flexibility index (Phi) is 5.78. The van der Waals surface area contributed by atoms with E-state index in [1.807, 2.05) is 19.1 Å². The quantitative estimate of drug-likeness (QED) is 0.851. The number of nitrogens with zero attached hydrogens (tertiary/aromatic N) is 2. The van der Waals surface area contributed by atoms with Crippen LogP contribution in [0.5, 0.6) is 0 Å². The van der Waals surface area contributed by atoms with Crippen LogP contribution in [0.2, 0.25) is 10.0 Å². The van der Waals surface area contributed by atoms with Gasteiger partial charge in [-0.3, -0.25) is 0 Å². The molecule has 20 heavy (non-hydrogen) atoms. The molecule has 0 saturated heterocycles. The van der Waals surface area contributed by atoms with Crippen LogP contribution in [0.25, 0.3) is 0 Å². The fourth-order valence-corrected chi connectivity index (χ4v) is 3.24. The van der Waals surface area contributed by atoms with Gasteiger partial charge in [0.2, 0.25) is 0 Å². The number of halogens is 2. The van der Waals surface area contributed by atoms with Crippen molar-refractivity contribution < 1.29 is 0 Å². The van der Waals surface area contributed by atoms with Crippen LogP contribution in [-0.4, -0.2) is 16.1 Å². The van der Waals surface area contributed by atoms with Gasteiger partial charge in [-0.25, -0.2) is 0 Å². The van der Waals surface area contributed by atoms with Gasteiger partial charge in [-0.1, -0.05) is 40.7 Å². The zero-order valence-electron chi connectivity index (χ0n) is 11.5. The highest BCUT2D eigenvalue weighted by molar-refractivity contribution is 7.05. The molecule has 0 radical (unpaired) electrons. The lowest BCUT2D eigenvalue weighted by atomic mass is 10.0. The van der Waals surface area contributed by atoms with Crippen LogP contribution in [0, 0.1) is 6.92 Å². The van der Waals surface area contributed by atoms with Crippen LogP contribution >= 0.6 is 34.7 Å². The molecular weight excluding hydrogens is 313 g/mol. The standard InChI is InChI=1S/C14H17Cl2N3S/c1-3-6-17-13(14-9(2)18-19-20-14)7-10-4-5-11(15)8-12(10)16/h4-5,8,13,17H,3,6-7H2,1-2H3. The molecular formula is C14H17Cl2N3S. The Morgan fingerprint density at radius 1 is 1.35 bits per heavy atom. The molecule has 108 valence electrons. The summed E-state index contributed by atoms with van der Waals surface area (Å²) in [5.74, 6) is 0. The second kappa shape index (κ2) is 7.36. The van der Waals surface area contributed by atoms with Crippen molar-refractivity contribution in [2.45, 2.75) is 32.7 Å². The highest BCUT2D eigenvalue weighted by Crippen LogP contribution is 2.28. The van der Waals surface area contributed by atoms with Gasteiger partial charge in [0.25, 0.3) is 0 Å². The van der Waals surface area contributed by atoms with E-state index in [2.05, 4.69) is 21.8 Å². The summed E-state index contributed by atoms with van der Waals surface area (Å²) in [7, 11) is 0. The predicted octanol–water partition coefficient (Wildman–Crippen LogP) is 4.44. The third kappa shape index (κ3) is 3.92. The maximum atomic E-state index is 6.27. The molecule has 0 spiro atoms. The Morgan fingerprint density at radius 2 is 2.15 bits per heavy atom. The van der Waals surface area contributed by atoms with Gasteiger partial charge >= 0.3 is 0 Å². The van der Waals surface area contributed by atoms with Gasteiger partial charge < -0.3 is 5.32 Å². The maximum absolute atomic E-state index is 6.27. The molecule has 2 aromatic rings. The van der Waals surface area contributed by atoms with Crippen molar-refractivity contribution in [3.63, 3.8) is 0 Å². The summed E-state index contributed by atoms with van der Waals surface area (Å²) in [6, 6.07) is 5.83. The Morgan fingerprint density at radius 3 is 2.75 bits per heavy atom. The third-order valence-electron chi connectivity index (χ3n) is 3.08. The fourth-order valence-electron chi connectivity index (χ4n) is 2.04. The summed E-state index contributed by atoms with van der Waals surface area (Å²) in [6.07, 6.45) is 1.89. The molecule has 1 unspecified atom stereocenters. The number of nitrogens with one attached hydrogen (secondary N) is 1. The second-order valence-electron chi connectivity index (χ2n) is 4.67. The molecule has 0 amide bonds. The molecule has 1 N–H and O–H groups in total. The Labute approximate surface area is 133 Å². The van der Waals surface area contributed by atoms with Crippen molar-refractivity contribution in [1.29, 1.82) is 0 Å². The van der Waals surface area contributed by atoms with Crippen molar-refractivity contribution in [2.24, 2.45) is 0 Å². The minimum Gasteiger partial charge on any atom is -0.309 e. The van der Waals surface area contributed by atoms with E-state index in [4.69, 9.17) is 23.2 Å². The summed E-state index contributed by atoms with van der Waals surface area (Å²) >= 11 is 13.7. The first-order chi connectivity index (χ1) is 9.61. The maximum Gasteiger partial charge on any atom is 0.0772 e. The highest BCUT2D eigenvalue weighted by Gasteiger charge is 2.18. The number of hydrogen-bond donors (Lipinski definition) is 1. The van der Waals surface area contributed by atoms with Gasteiger partial charge in [-0.05, 0) is 55.5 Å². The van der Waals surface area contributed by atoms with E-state index in [0.29, 0.717) is 10.0 Å². The molecule has 2 rings (SSSR count). The summed E-state index contributed by atoms with van der Waals surface area (Å²) in [5.41, 5.74) is 2.06. The van der Waals surface area contributed by atoms with Gasteiger partial charge in [0.1, 0.15) is 0 Å². The summed E-state index contributed by atoms with van der Waals surface area (Å²) in [5, 5.41) is 9.00. The van der Waals surface area contributed by atoms with E-state index < -0.39 is 0 Å². The molecule has 0 saturated carbocycles. The molecule has 0 bridgehead atoms. The molecule has 0 aliphatic heterocycles. The number of rotatable bonds is 6. The van der Waals surface area contributed by atoms with Gasteiger partial charge in [0, 0.05) is 16.1 Å². The van der Waals surface area contributed by atoms with E-state index in [1.165, 1.54) is 16.4 Å². The summed E-state index contributed by atoms with van der Waals surface area (Å²) in [4.78, 5) is 1.17. The van der Waals surface area contributed by atoms with Crippen LogP contribution in [0.1, 0.15) is 35.5 Å². The molecule has 1 atom stereocenters. The van der Waals surface area contributed by atoms with E-state index >= 15 is 0 Å². The number of hydrogen-bond acceptors (Lipinski definition) is 4. The zero-order valence-corrected chi connectivity index (χ0v) is 13.8. The predicted molar refractivity (Wildman–Crippen MR) is 85.8 cm³/mol. The average molecular weight is 330 g/mol. The molecule has 1 aromatic carbocycles. The molecule has 1 aromatic heterocycles. The first kappa shape index (κ1) is 15.7. The van der Waals surface area contributed by atoms with Crippen LogP contribution in [0.4, 0.5) is 0 Å². The van der Waals surface area contributed by atoms with Crippen molar-refractivity contribution in [1.82, 2.24) is 14.9 Å². The Balaban J connectivity index is 2.21. The molecule has 3 nitrogen and oxygen atoms in total. The molecule has 0 fully saturated rings. The van der Waals surface area contributed by atoms with Crippen LogP contribution in [-0.2, 0) is 6.42 Å². The van der Waals surface area contributed by atoms with Crippen LogP contribution < -0.4 is 5.32 Å². The van der Waals surface area contributed by atoms with Gasteiger partial charge in [0.05, 0.1) is 10.6 Å². The SMILES string of the molecule is CCCNC(Cc1ccc(Cl)cc1Cl)c1snnc1C. The molecule has 1 heterocycles. The first-order valence-electron chi connectivity index (χ1n) is 6.58. The average Bonchev–Trinajstić information content (AvgIpc) is 2.83. The minimum atomic E-state index is 0.189. The molecule has 0 aliphatic rings. The number of aromatic nitrogens is 2. The van der Waals surface area contributed by atoms with Crippen molar-refractivity contribution in [3.8, 4) is 0 Å². The lowest BCUT2D eigenvalue weighted by Crippen LogP contribution is -2.24. The number of benzene rings is 1. The molecule has 0 aliphatic carbocycles. The number of aryl methyl sites for hydroxylation is 1. The summed E-state index contributed by atoms with van der Waals surface area (Å²) in [6.45, 7) is 5.09. The second-order valence-corrected chi connectivity index (χ2v) is 6.30. The fraction of sp³-hybridized carbons (Fsp3) is 0.429. The van der Waals surface area contributed by atoms with Gasteiger partial charge in [-0.2, -0.15) is 0 Å². The highest BCUT2D eigenvalue weighted by atomic mass is 35.5. The normalized spacial score (nSPS) is 12.6. The summed E-state index contributed by atoms with van der Waals surface area (Å²) < 4.78 is 4.03. The Bertz CT molecular complexity index is 571. The van der Waals surface area contributed by atoms with Crippen molar-refractivity contribution >= 4 is 34.7 Å². The smallest absolute Gasteiger partial charge is 0.0772 e. The minimum absolute atomic E-state index is 0.189. The van der Waals surface area contributed by atoms with Crippen molar-refractivity contribution in [3.05, 3.63) is 44.4 Å². The van der Waals surface area contributed by atoms with Crippen molar-refractivity contribution in [2.75, 3.05) is 6.54 Å². The van der Waals surface area contributed by atoms with Gasteiger partial charge in [-0.15, -0.1) is 5.10 Å². The van der Waals surface area contributed by atoms with Crippen LogP contribution in [0.15, 0.2) is 18.2 Å². The monoisotopic (exact) mass is 329 g/mol. The largest absolute Gasteiger partial charge is 0.309 e.